The number of benzene rings is 1. The third kappa shape index (κ3) is 3.51. The van der Waals surface area contributed by atoms with Gasteiger partial charge in [-0.3, -0.25) is 15.2 Å². The highest BCUT2D eigenvalue weighted by atomic mass is 32.1. The number of amides is 1. The molecule has 4 rings (SSSR count). The molecular formula is C18H14N4O2S. The number of hydrogen-bond acceptors (Lipinski definition) is 5. The maximum Gasteiger partial charge on any atom is 0.277 e. The van der Waals surface area contributed by atoms with Crippen LogP contribution in [-0.4, -0.2) is 21.1 Å². The van der Waals surface area contributed by atoms with E-state index in [9.17, 15) is 4.79 Å². The molecule has 0 saturated heterocycles. The van der Waals surface area contributed by atoms with Crippen molar-refractivity contribution in [3.63, 3.8) is 0 Å². The highest BCUT2D eigenvalue weighted by Crippen LogP contribution is 2.22. The average molecular weight is 350 g/mol. The van der Waals surface area contributed by atoms with Gasteiger partial charge in [0.1, 0.15) is 5.69 Å². The van der Waals surface area contributed by atoms with Gasteiger partial charge in [0.15, 0.2) is 16.6 Å². The van der Waals surface area contributed by atoms with Crippen LogP contribution < -0.4 is 5.32 Å². The number of furan rings is 1. The van der Waals surface area contributed by atoms with Crippen molar-refractivity contribution in [3.05, 3.63) is 77.1 Å². The number of anilines is 1. The first kappa shape index (κ1) is 15.3. The second-order valence-corrected chi connectivity index (χ2v) is 6.51. The molecule has 0 aliphatic heterocycles. The van der Waals surface area contributed by atoms with Gasteiger partial charge in [-0.2, -0.15) is 5.10 Å². The number of H-pyrrole nitrogens is 1. The smallest absolute Gasteiger partial charge is 0.277 e. The monoisotopic (exact) mass is 350 g/mol. The Morgan fingerprint density at radius 2 is 2.08 bits per heavy atom. The van der Waals surface area contributed by atoms with E-state index in [2.05, 4.69) is 32.6 Å². The third-order valence-corrected chi connectivity index (χ3v) is 4.51. The largest absolute Gasteiger partial charge is 0.463 e. The molecule has 0 bridgehead atoms. The van der Waals surface area contributed by atoms with Crippen LogP contribution in [0.3, 0.4) is 0 Å². The average Bonchev–Trinajstić information content (AvgIpc) is 3.37. The summed E-state index contributed by atoms with van der Waals surface area (Å²) in [5.74, 6) is 0.320. The molecule has 2 N–H and O–H groups in total. The summed E-state index contributed by atoms with van der Waals surface area (Å²) in [6, 6.07) is 15.4. The summed E-state index contributed by atoms with van der Waals surface area (Å²) in [5.41, 5.74) is 2.14. The van der Waals surface area contributed by atoms with Gasteiger partial charge in [-0.1, -0.05) is 30.3 Å². The lowest BCUT2D eigenvalue weighted by Gasteiger charge is -1.98. The van der Waals surface area contributed by atoms with Crippen LogP contribution in [0.5, 0.6) is 0 Å². The zero-order chi connectivity index (χ0) is 17.1. The number of rotatable bonds is 5. The van der Waals surface area contributed by atoms with Gasteiger partial charge in [-0.15, -0.1) is 11.3 Å². The van der Waals surface area contributed by atoms with E-state index < -0.39 is 0 Å². The lowest BCUT2D eigenvalue weighted by atomic mass is 10.1. The molecule has 0 fully saturated rings. The van der Waals surface area contributed by atoms with E-state index >= 15 is 0 Å². The Morgan fingerprint density at radius 3 is 2.88 bits per heavy atom. The van der Waals surface area contributed by atoms with Gasteiger partial charge in [0.05, 0.1) is 6.26 Å². The zero-order valence-corrected chi connectivity index (χ0v) is 13.9. The van der Waals surface area contributed by atoms with Gasteiger partial charge < -0.3 is 4.42 Å². The normalized spacial score (nSPS) is 10.7. The molecule has 3 aromatic heterocycles. The topological polar surface area (TPSA) is 83.8 Å². The van der Waals surface area contributed by atoms with Crippen molar-refractivity contribution in [1.29, 1.82) is 0 Å². The first-order valence-electron chi connectivity index (χ1n) is 7.67. The molecule has 6 nitrogen and oxygen atoms in total. The fraction of sp³-hybridized carbons (Fsp3) is 0.0556. The van der Waals surface area contributed by atoms with Crippen LogP contribution in [-0.2, 0) is 6.42 Å². The number of aromatic amines is 1. The first-order chi connectivity index (χ1) is 12.3. The Kier molecular flexibility index (Phi) is 4.14. The molecular weight excluding hydrogens is 336 g/mol. The number of thiazole rings is 1. The number of carbonyl (C=O) groups excluding carboxylic acids is 1. The number of carbonyl (C=O) groups is 1. The number of aromatic nitrogens is 3. The third-order valence-electron chi connectivity index (χ3n) is 3.59. The Labute approximate surface area is 147 Å². The second-order valence-electron chi connectivity index (χ2n) is 5.39. The molecule has 1 aromatic carbocycles. The molecule has 0 aliphatic rings. The number of nitrogens with zero attached hydrogens (tertiary/aromatic N) is 2. The van der Waals surface area contributed by atoms with Crippen molar-refractivity contribution in [2.24, 2.45) is 0 Å². The fourth-order valence-electron chi connectivity index (χ4n) is 2.40. The molecule has 0 unspecified atom stereocenters. The first-order valence-corrected chi connectivity index (χ1v) is 8.49. The Hall–Kier alpha value is -3.19. The van der Waals surface area contributed by atoms with Crippen LogP contribution >= 0.6 is 11.3 Å². The fourth-order valence-corrected chi connectivity index (χ4v) is 3.24. The van der Waals surface area contributed by atoms with Gasteiger partial charge in [-0.05, 0) is 17.7 Å². The van der Waals surface area contributed by atoms with E-state index in [1.807, 2.05) is 18.2 Å². The summed E-state index contributed by atoms with van der Waals surface area (Å²) < 4.78 is 5.28. The predicted octanol–water partition coefficient (Wildman–Crippen LogP) is 3.97. The van der Waals surface area contributed by atoms with E-state index in [-0.39, 0.29) is 11.6 Å². The maximum atomic E-state index is 12.3. The van der Waals surface area contributed by atoms with Gasteiger partial charge in [0.25, 0.3) is 5.91 Å². The number of hydrogen-bond donors (Lipinski definition) is 2. The van der Waals surface area contributed by atoms with Crippen LogP contribution in [0.1, 0.15) is 20.9 Å². The van der Waals surface area contributed by atoms with Gasteiger partial charge >= 0.3 is 0 Å². The molecule has 0 atom stereocenters. The Morgan fingerprint density at radius 1 is 1.20 bits per heavy atom. The van der Waals surface area contributed by atoms with Crippen LogP contribution in [0.25, 0.3) is 11.5 Å². The van der Waals surface area contributed by atoms with E-state index in [0.717, 1.165) is 11.3 Å². The molecule has 1 amide bonds. The quantitative estimate of drug-likeness (QED) is 0.570. The summed E-state index contributed by atoms with van der Waals surface area (Å²) in [6.45, 7) is 0. The molecule has 25 heavy (non-hydrogen) atoms. The number of nitrogens with one attached hydrogen (secondary N) is 2. The van der Waals surface area contributed by atoms with E-state index in [1.54, 1.807) is 30.7 Å². The summed E-state index contributed by atoms with van der Waals surface area (Å²) in [6.07, 6.45) is 4.14. The summed E-state index contributed by atoms with van der Waals surface area (Å²) in [7, 11) is 0. The molecule has 124 valence electrons. The Bertz CT molecular complexity index is 974. The van der Waals surface area contributed by atoms with Crippen molar-refractivity contribution in [3.8, 4) is 11.5 Å². The van der Waals surface area contributed by atoms with Crippen molar-refractivity contribution in [2.75, 3.05) is 5.32 Å². The predicted molar refractivity (Wildman–Crippen MR) is 95.6 cm³/mol. The SMILES string of the molecule is O=C(Nc1ncc(Cc2ccccc2)s1)c1cc(-c2ccco2)[nH]n1. The van der Waals surface area contributed by atoms with E-state index in [1.165, 1.54) is 16.9 Å². The second kappa shape index (κ2) is 6.74. The lowest BCUT2D eigenvalue weighted by Crippen LogP contribution is -2.11. The molecule has 0 radical (unpaired) electrons. The van der Waals surface area contributed by atoms with Gasteiger partial charge in [0, 0.05) is 23.6 Å². The van der Waals surface area contributed by atoms with E-state index in [0.29, 0.717) is 16.6 Å². The molecule has 0 spiro atoms. The zero-order valence-electron chi connectivity index (χ0n) is 13.1. The van der Waals surface area contributed by atoms with Crippen LogP contribution in [0.4, 0.5) is 5.13 Å². The lowest BCUT2D eigenvalue weighted by molar-refractivity contribution is 0.102. The summed E-state index contributed by atoms with van der Waals surface area (Å²) in [5, 5.41) is 10.1. The molecule has 3 heterocycles. The molecule has 7 heteroatoms. The maximum absolute atomic E-state index is 12.3. The van der Waals surface area contributed by atoms with E-state index in [4.69, 9.17) is 4.42 Å². The van der Waals surface area contributed by atoms with Gasteiger partial charge in [-0.25, -0.2) is 4.98 Å². The standard InChI is InChI=1S/C18H14N4O2S/c23-17(15-10-14(21-22-15)16-7-4-8-24-16)20-18-19-11-13(25-18)9-12-5-2-1-3-6-12/h1-8,10-11H,9H2,(H,21,22)(H,19,20,23). The highest BCUT2D eigenvalue weighted by Gasteiger charge is 2.14. The Balaban J connectivity index is 1.43. The van der Waals surface area contributed by atoms with Crippen LogP contribution in [0.2, 0.25) is 0 Å². The minimum Gasteiger partial charge on any atom is -0.463 e. The molecule has 0 aliphatic carbocycles. The summed E-state index contributed by atoms with van der Waals surface area (Å²) >= 11 is 1.46. The van der Waals surface area contributed by atoms with Crippen molar-refractivity contribution >= 4 is 22.4 Å². The molecule has 0 saturated carbocycles. The molecule has 4 aromatic rings. The van der Waals surface area contributed by atoms with Crippen molar-refractivity contribution < 1.29 is 9.21 Å². The minimum atomic E-state index is -0.310. The van der Waals surface area contributed by atoms with Crippen LogP contribution in [0.15, 0.2) is 65.4 Å². The summed E-state index contributed by atoms with van der Waals surface area (Å²) in [4.78, 5) is 17.7. The van der Waals surface area contributed by atoms with Gasteiger partial charge in [0.2, 0.25) is 0 Å². The van der Waals surface area contributed by atoms with Crippen molar-refractivity contribution in [2.45, 2.75) is 6.42 Å². The van der Waals surface area contributed by atoms with Crippen molar-refractivity contribution in [1.82, 2.24) is 15.2 Å². The van der Waals surface area contributed by atoms with Crippen LogP contribution in [0, 0.1) is 0 Å². The minimum absolute atomic E-state index is 0.284. The highest BCUT2D eigenvalue weighted by molar-refractivity contribution is 7.15.